The highest BCUT2D eigenvalue weighted by Gasteiger charge is 3.13. The van der Waals surface area contributed by atoms with Crippen LogP contribution in [0.4, 0.5) is 5.69 Å². The number of benzene rings is 1. The van der Waals surface area contributed by atoms with Crippen molar-refractivity contribution in [3.8, 4) is 5.75 Å². The first-order valence-electron chi connectivity index (χ1n) is 8.07. The van der Waals surface area contributed by atoms with Crippen LogP contribution in [0.2, 0.25) is 0 Å². The van der Waals surface area contributed by atoms with E-state index in [1.807, 2.05) is 0 Å². The average molecular weight is 327 g/mol. The normalized spacial score (nSPS) is 49.2. The molecule has 0 aliphatic heterocycles. The Balaban J connectivity index is 1.22. The minimum Gasteiger partial charge on any atom is -0.469 e. The molecule has 0 atom stereocenters. The van der Waals surface area contributed by atoms with Gasteiger partial charge in [0.05, 0.1) is 22.9 Å². The summed E-state index contributed by atoms with van der Waals surface area (Å²) >= 11 is 0. The summed E-state index contributed by atoms with van der Waals surface area (Å²) in [5.41, 5.74) is -0.673. The molecule has 0 aromatic heterocycles. The molecular weight excluding hydrogens is 314 g/mol. The SMILES string of the molecule is COC(=O)C12C3C4C1C1C2C3C41C(=O)Oc1ccc([N+](=O)[O-])cc1. The van der Waals surface area contributed by atoms with E-state index in [1.54, 1.807) is 0 Å². The van der Waals surface area contributed by atoms with Gasteiger partial charge in [-0.05, 0) is 47.6 Å². The first-order valence-corrected chi connectivity index (χ1v) is 8.07. The molecule has 0 heterocycles. The van der Waals surface area contributed by atoms with E-state index in [1.165, 1.54) is 31.4 Å². The molecule has 7 rings (SSSR count). The Kier molecular flexibility index (Phi) is 1.80. The van der Waals surface area contributed by atoms with Gasteiger partial charge in [-0.3, -0.25) is 19.7 Å². The van der Waals surface area contributed by atoms with Crippen molar-refractivity contribution < 1.29 is 24.0 Å². The van der Waals surface area contributed by atoms with Crippen molar-refractivity contribution in [2.75, 3.05) is 7.11 Å². The van der Waals surface area contributed by atoms with Gasteiger partial charge in [-0.1, -0.05) is 0 Å². The molecule has 24 heavy (non-hydrogen) atoms. The van der Waals surface area contributed by atoms with Gasteiger partial charge in [0.1, 0.15) is 5.75 Å². The molecule has 6 aliphatic carbocycles. The van der Waals surface area contributed by atoms with Crippen molar-refractivity contribution in [1.29, 1.82) is 0 Å². The third-order valence-corrected chi connectivity index (χ3v) is 7.78. The van der Waals surface area contributed by atoms with E-state index in [0.29, 0.717) is 23.5 Å². The predicted octanol–water partition coefficient (Wildman–Crippen LogP) is 1.41. The lowest BCUT2D eigenvalue weighted by Crippen LogP contribution is -3.12. The van der Waals surface area contributed by atoms with Crippen LogP contribution >= 0.6 is 0 Å². The van der Waals surface area contributed by atoms with Crippen molar-refractivity contribution >= 4 is 17.6 Å². The number of rotatable bonds is 4. The molecule has 7 nitrogen and oxygen atoms in total. The molecule has 0 saturated heterocycles. The number of hydrogen-bond acceptors (Lipinski definition) is 6. The van der Waals surface area contributed by atoms with E-state index < -0.39 is 4.92 Å². The molecular formula is C17H13NO6. The summed E-state index contributed by atoms with van der Waals surface area (Å²) in [5.74, 6) is 1.80. The number of carbonyl (C=O) groups excluding carboxylic acids is 2. The van der Waals surface area contributed by atoms with Gasteiger partial charge in [0.25, 0.3) is 5.69 Å². The smallest absolute Gasteiger partial charge is 0.318 e. The Morgan fingerprint density at radius 2 is 1.42 bits per heavy atom. The number of non-ortho nitro benzene ring substituents is 1. The molecule has 7 heteroatoms. The number of ether oxygens (including phenoxy) is 2. The topological polar surface area (TPSA) is 95.7 Å². The van der Waals surface area contributed by atoms with Gasteiger partial charge in [0.15, 0.2) is 0 Å². The van der Waals surface area contributed by atoms with Crippen LogP contribution in [0.15, 0.2) is 24.3 Å². The zero-order valence-corrected chi connectivity index (χ0v) is 12.7. The van der Waals surface area contributed by atoms with E-state index in [4.69, 9.17) is 9.47 Å². The second-order valence-electron chi connectivity index (χ2n) is 7.65. The van der Waals surface area contributed by atoms with Gasteiger partial charge >= 0.3 is 11.9 Å². The van der Waals surface area contributed by atoms with Gasteiger partial charge < -0.3 is 9.47 Å². The summed E-state index contributed by atoms with van der Waals surface area (Å²) in [6, 6.07) is 5.56. The molecule has 0 amide bonds. The highest BCUT2D eigenvalue weighted by Crippen LogP contribution is 3.10. The van der Waals surface area contributed by atoms with Gasteiger partial charge in [-0.25, -0.2) is 0 Å². The van der Waals surface area contributed by atoms with E-state index >= 15 is 0 Å². The molecule has 6 aliphatic rings. The fourth-order valence-corrected chi connectivity index (χ4v) is 7.35. The van der Waals surface area contributed by atoms with Gasteiger partial charge in [0.2, 0.25) is 0 Å². The first kappa shape index (κ1) is 12.9. The average Bonchev–Trinajstić information content (AvgIpc) is 2.61. The minimum atomic E-state index is -0.490. The molecule has 6 fully saturated rings. The molecule has 122 valence electrons. The van der Waals surface area contributed by atoms with E-state index in [9.17, 15) is 19.7 Å². The van der Waals surface area contributed by atoms with E-state index in [0.717, 1.165) is 0 Å². The lowest BCUT2D eigenvalue weighted by Gasteiger charge is -3.08. The molecule has 0 radical (unpaired) electrons. The highest BCUT2D eigenvalue weighted by atomic mass is 16.6. The van der Waals surface area contributed by atoms with Gasteiger partial charge in [-0.2, -0.15) is 0 Å². The molecule has 1 aromatic rings. The maximum Gasteiger partial charge on any atom is 0.318 e. The fourth-order valence-electron chi connectivity index (χ4n) is 7.35. The summed E-state index contributed by atoms with van der Waals surface area (Å²) in [6.07, 6.45) is 0. The third kappa shape index (κ3) is 0.840. The number of hydrogen-bond donors (Lipinski definition) is 0. The molecule has 0 unspecified atom stereocenters. The van der Waals surface area contributed by atoms with Gasteiger partial charge in [0, 0.05) is 12.1 Å². The Morgan fingerprint density at radius 3 is 1.83 bits per heavy atom. The van der Waals surface area contributed by atoms with Crippen molar-refractivity contribution in [3.63, 3.8) is 0 Å². The summed E-state index contributed by atoms with van der Waals surface area (Å²) in [6.45, 7) is 0. The summed E-state index contributed by atoms with van der Waals surface area (Å²) in [7, 11) is 1.43. The lowest BCUT2D eigenvalue weighted by atomic mass is 8.92. The van der Waals surface area contributed by atoms with Crippen LogP contribution in [0.5, 0.6) is 5.75 Å². The number of nitro groups is 1. The lowest BCUT2D eigenvalue weighted by molar-refractivity contribution is -0.628. The fraction of sp³-hybridized carbons (Fsp3) is 0.529. The van der Waals surface area contributed by atoms with Crippen LogP contribution in [-0.4, -0.2) is 24.0 Å². The maximum atomic E-state index is 12.7. The third-order valence-electron chi connectivity index (χ3n) is 7.78. The number of nitro benzene ring substituents is 1. The van der Waals surface area contributed by atoms with Crippen LogP contribution in [-0.2, 0) is 14.3 Å². The summed E-state index contributed by atoms with van der Waals surface area (Å²) < 4.78 is 10.5. The molecule has 6 saturated carbocycles. The van der Waals surface area contributed by atoms with Crippen LogP contribution in [0.25, 0.3) is 0 Å². The molecule has 1 aromatic carbocycles. The number of nitrogens with zero attached hydrogens (tertiary/aromatic N) is 1. The minimum absolute atomic E-state index is 0.0359. The van der Waals surface area contributed by atoms with E-state index in [-0.39, 0.29) is 46.2 Å². The van der Waals surface area contributed by atoms with Crippen LogP contribution < -0.4 is 4.74 Å². The van der Waals surface area contributed by atoms with Crippen LogP contribution in [0.1, 0.15) is 0 Å². The Hall–Kier alpha value is -2.44. The summed E-state index contributed by atoms with van der Waals surface area (Å²) in [5, 5.41) is 10.7. The van der Waals surface area contributed by atoms with Crippen molar-refractivity contribution in [3.05, 3.63) is 34.4 Å². The number of esters is 2. The van der Waals surface area contributed by atoms with Crippen molar-refractivity contribution in [1.82, 2.24) is 0 Å². The Morgan fingerprint density at radius 1 is 0.958 bits per heavy atom. The molecule has 0 bridgehead atoms. The quantitative estimate of drug-likeness (QED) is 0.359. The van der Waals surface area contributed by atoms with Gasteiger partial charge in [-0.15, -0.1) is 0 Å². The monoisotopic (exact) mass is 327 g/mol. The Labute approximate surface area is 136 Å². The molecule has 0 N–H and O–H groups in total. The van der Waals surface area contributed by atoms with Crippen molar-refractivity contribution in [2.24, 2.45) is 46.3 Å². The van der Waals surface area contributed by atoms with Crippen LogP contribution in [0, 0.1) is 56.5 Å². The zero-order chi connectivity index (χ0) is 16.6. The number of methoxy groups -OCH3 is 1. The molecule has 0 spiro atoms. The second kappa shape index (κ2) is 3.34. The van der Waals surface area contributed by atoms with Crippen molar-refractivity contribution in [2.45, 2.75) is 0 Å². The number of carbonyl (C=O) groups is 2. The predicted molar refractivity (Wildman–Crippen MR) is 76.6 cm³/mol. The first-order chi connectivity index (χ1) is 11.5. The zero-order valence-electron chi connectivity index (χ0n) is 12.7. The summed E-state index contributed by atoms with van der Waals surface area (Å²) in [4.78, 5) is 34.9. The maximum absolute atomic E-state index is 12.7. The Bertz CT molecular complexity index is 805. The largest absolute Gasteiger partial charge is 0.469 e. The second-order valence-corrected chi connectivity index (χ2v) is 7.65. The van der Waals surface area contributed by atoms with E-state index in [2.05, 4.69) is 0 Å². The van der Waals surface area contributed by atoms with Crippen LogP contribution in [0.3, 0.4) is 0 Å². The highest BCUT2D eigenvalue weighted by molar-refractivity contribution is 5.97. The standard InChI is InChI=1S/C17H13NO6/c1-23-14(19)16-8-11-9(16)13-10(16)12(8)17(11,13)15(20)24-7-4-2-6(3-5-7)18(21)22/h2-5,8-13H,1H3.